The van der Waals surface area contributed by atoms with Crippen molar-refractivity contribution < 1.29 is 14.7 Å². The van der Waals surface area contributed by atoms with Crippen LogP contribution in [0.15, 0.2) is 24.3 Å². The zero-order valence-electron chi connectivity index (χ0n) is 17.2. The van der Waals surface area contributed by atoms with Crippen LogP contribution >= 0.6 is 0 Å². The van der Waals surface area contributed by atoms with E-state index in [1.54, 1.807) is 0 Å². The monoisotopic (exact) mass is 398 g/mol. The van der Waals surface area contributed by atoms with E-state index in [1.807, 2.05) is 12.1 Å². The van der Waals surface area contributed by atoms with Crippen molar-refractivity contribution in [3.63, 3.8) is 0 Å². The minimum atomic E-state index is -1.03. The molecule has 1 saturated heterocycles. The van der Waals surface area contributed by atoms with Gasteiger partial charge in [-0.15, -0.1) is 0 Å². The second-order valence-corrected chi connectivity index (χ2v) is 9.27. The zero-order valence-corrected chi connectivity index (χ0v) is 17.2. The van der Waals surface area contributed by atoms with Crippen molar-refractivity contribution in [1.82, 2.24) is 5.32 Å². The molecule has 3 atom stereocenters. The summed E-state index contributed by atoms with van der Waals surface area (Å²) >= 11 is 0. The third kappa shape index (κ3) is 4.82. The van der Waals surface area contributed by atoms with Crippen LogP contribution in [-0.2, 0) is 9.59 Å². The summed E-state index contributed by atoms with van der Waals surface area (Å²) in [6, 6.07) is 7.70. The lowest BCUT2D eigenvalue weighted by Crippen LogP contribution is -2.37. The smallest absolute Gasteiger partial charge is 0.239 e. The number of anilines is 1. The molecule has 29 heavy (non-hydrogen) atoms. The molecule has 5 nitrogen and oxygen atoms in total. The van der Waals surface area contributed by atoms with E-state index < -0.39 is 17.9 Å². The molecule has 0 bridgehead atoms. The standard InChI is InChI=1S/C24H34N2O3/c27-22-20(15-16-7-3-1-4-8-16)26-24(29)21(22)23(28)25-19-13-11-18(12-14-19)17-9-5-2-6-10-17/h11-14,16-17,20-22,27H,1-10,15H2,(H,25,28)(H,26,29). The average Bonchev–Trinajstić information content (AvgIpc) is 3.03. The largest absolute Gasteiger partial charge is 0.390 e. The molecule has 0 spiro atoms. The summed E-state index contributed by atoms with van der Waals surface area (Å²) in [7, 11) is 0. The van der Waals surface area contributed by atoms with Crippen LogP contribution in [0.3, 0.4) is 0 Å². The number of carbonyl (C=O) groups is 2. The lowest BCUT2D eigenvalue weighted by Gasteiger charge is -2.26. The summed E-state index contributed by atoms with van der Waals surface area (Å²) in [6.07, 6.45) is 12.2. The zero-order chi connectivity index (χ0) is 20.2. The Morgan fingerprint density at radius 2 is 1.59 bits per heavy atom. The van der Waals surface area contributed by atoms with E-state index in [9.17, 15) is 14.7 Å². The average molecular weight is 399 g/mol. The van der Waals surface area contributed by atoms with Gasteiger partial charge in [-0.05, 0) is 48.8 Å². The van der Waals surface area contributed by atoms with Gasteiger partial charge >= 0.3 is 0 Å². The van der Waals surface area contributed by atoms with Gasteiger partial charge in [-0.3, -0.25) is 9.59 Å². The molecular weight excluding hydrogens is 364 g/mol. The first kappa shape index (κ1) is 20.4. The Labute approximate surface area is 173 Å². The fourth-order valence-electron chi connectivity index (χ4n) is 5.49. The minimum absolute atomic E-state index is 0.310. The Balaban J connectivity index is 1.34. The molecule has 5 heteroatoms. The van der Waals surface area contributed by atoms with Gasteiger partial charge in [0.15, 0.2) is 0 Å². The van der Waals surface area contributed by atoms with Crippen LogP contribution in [-0.4, -0.2) is 29.1 Å². The Morgan fingerprint density at radius 1 is 0.966 bits per heavy atom. The Hall–Kier alpha value is -1.88. The van der Waals surface area contributed by atoms with Crippen LogP contribution in [0.2, 0.25) is 0 Å². The van der Waals surface area contributed by atoms with Gasteiger partial charge in [0.2, 0.25) is 11.8 Å². The van der Waals surface area contributed by atoms with Gasteiger partial charge in [-0.25, -0.2) is 0 Å². The minimum Gasteiger partial charge on any atom is -0.390 e. The van der Waals surface area contributed by atoms with Crippen molar-refractivity contribution in [3.8, 4) is 0 Å². The third-order valence-electron chi connectivity index (χ3n) is 7.21. The van der Waals surface area contributed by atoms with E-state index in [2.05, 4.69) is 22.8 Å². The van der Waals surface area contributed by atoms with Crippen LogP contribution in [0.1, 0.15) is 82.1 Å². The summed E-state index contributed by atoms with van der Waals surface area (Å²) in [5, 5.41) is 16.4. The number of rotatable bonds is 5. The number of amides is 2. The molecule has 0 aromatic heterocycles. The Kier molecular flexibility index (Phi) is 6.53. The molecule has 0 radical (unpaired) electrons. The number of carbonyl (C=O) groups excluding carboxylic acids is 2. The molecular formula is C24H34N2O3. The number of hydrogen-bond acceptors (Lipinski definition) is 3. The van der Waals surface area contributed by atoms with E-state index >= 15 is 0 Å². The second kappa shape index (κ2) is 9.29. The Morgan fingerprint density at radius 3 is 2.24 bits per heavy atom. The number of nitrogens with one attached hydrogen (secondary N) is 2. The molecule has 2 amide bonds. The Bertz CT molecular complexity index is 705. The first-order valence-corrected chi connectivity index (χ1v) is 11.5. The van der Waals surface area contributed by atoms with Gasteiger partial charge in [0.1, 0.15) is 5.92 Å². The maximum absolute atomic E-state index is 12.7. The molecule has 3 unspecified atom stereocenters. The van der Waals surface area contributed by atoms with Crippen LogP contribution in [0.4, 0.5) is 5.69 Å². The van der Waals surface area contributed by atoms with E-state index in [0.717, 1.165) is 19.3 Å². The van der Waals surface area contributed by atoms with E-state index in [0.29, 0.717) is 17.5 Å². The molecule has 4 rings (SSSR count). The van der Waals surface area contributed by atoms with E-state index in [4.69, 9.17) is 0 Å². The third-order valence-corrected chi connectivity index (χ3v) is 7.21. The highest BCUT2D eigenvalue weighted by Gasteiger charge is 2.46. The van der Waals surface area contributed by atoms with Crippen LogP contribution in [0.25, 0.3) is 0 Å². The highest BCUT2D eigenvalue weighted by Crippen LogP contribution is 2.34. The number of aliphatic hydroxyl groups is 1. The maximum Gasteiger partial charge on any atom is 0.239 e. The molecule has 1 aromatic carbocycles. The highest BCUT2D eigenvalue weighted by molar-refractivity contribution is 6.08. The van der Waals surface area contributed by atoms with Gasteiger partial charge in [-0.2, -0.15) is 0 Å². The maximum atomic E-state index is 12.7. The second-order valence-electron chi connectivity index (χ2n) is 9.27. The van der Waals surface area contributed by atoms with Crippen molar-refractivity contribution in [3.05, 3.63) is 29.8 Å². The van der Waals surface area contributed by atoms with Crippen molar-refractivity contribution in [2.24, 2.45) is 11.8 Å². The summed E-state index contributed by atoms with van der Waals surface area (Å²) in [4.78, 5) is 25.1. The summed E-state index contributed by atoms with van der Waals surface area (Å²) in [5.74, 6) is -0.628. The summed E-state index contributed by atoms with van der Waals surface area (Å²) in [6.45, 7) is 0. The van der Waals surface area contributed by atoms with Crippen LogP contribution in [0, 0.1) is 11.8 Å². The predicted octanol–water partition coefficient (Wildman–Crippen LogP) is 4.12. The first-order chi connectivity index (χ1) is 14.1. The van der Waals surface area contributed by atoms with Gasteiger partial charge < -0.3 is 15.7 Å². The van der Waals surface area contributed by atoms with Crippen molar-refractivity contribution in [1.29, 1.82) is 0 Å². The van der Waals surface area contributed by atoms with E-state index in [-0.39, 0.29) is 11.9 Å². The molecule has 2 aliphatic carbocycles. The van der Waals surface area contributed by atoms with Gasteiger partial charge in [0.25, 0.3) is 0 Å². The fourth-order valence-corrected chi connectivity index (χ4v) is 5.49. The van der Waals surface area contributed by atoms with Gasteiger partial charge in [0.05, 0.1) is 12.1 Å². The molecule has 2 saturated carbocycles. The van der Waals surface area contributed by atoms with Crippen molar-refractivity contribution in [2.75, 3.05) is 5.32 Å². The van der Waals surface area contributed by atoms with Crippen molar-refractivity contribution in [2.45, 2.75) is 88.7 Å². The molecule has 1 heterocycles. The van der Waals surface area contributed by atoms with Gasteiger partial charge in [0, 0.05) is 5.69 Å². The molecule has 3 fully saturated rings. The predicted molar refractivity (Wildman–Crippen MR) is 114 cm³/mol. The SMILES string of the molecule is O=C(Nc1ccc(C2CCCCC2)cc1)C1C(=O)NC(CC2CCCCC2)C1O. The molecule has 3 aliphatic rings. The quantitative estimate of drug-likeness (QED) is 0.653. The number of benzene rings is 1. The molecule has 1 aromatic rings. The molecule has 3 N–H and O–H groups in total. The van der Waals surface area contributed by atoms with Crippen LogP contribution < -0.4 is 10.6 Å². The molecule has 158 valence electrons. The highest BCUT2D eigenvalue weighted by atomic mass is 16.3. The molecule has 1 aliphatic heterocycles. The van der Waals surface area contributed by atoms with Crippen LogP contribution in [0.5, 0.6) is 0 Å². The summed E-state index contributed by atoms with van der Waals surface area (Å²) in [5.41, 5.74) is 2.01. The van der Waals surface area contributed by atoms with Crippen molar-refractivity contribution >= 4 is 17.5 Å². The topological polar surface area (TPSA) is 78.4 Å². The normalized spacial score (nSPS) is 28.9. The first-order valence-electron chi connectivity index (χ1n) is 11.5. The number of aliphatic hydroxyl groups excluding tert-OH is 1. The van der Waals surface area contributed by atoms with E-state index in [1.165, 1.54) is 56.9 Å². The van der Waals surface area contributed by atoms with Gasteiger partial charge in [-0.1, -0.05) is 63.5 Å². The summed E-state index contributed by atoms with van der Waals surface area (Å²) < 4.78 is 0. The fraction of sp³-hybridized carbons (Fsp3) is 0.667. The number of hydrogen-bond donors (Lipinski definition) is 3. The lowest BCUT2D eigenvalue weighted by atomic mass is 9.83. The lowest BCUT2D eigenvalue weighted by molar-refractivity contribution is -0.132.